The second kappa shape index (κ2) is 4.36. The Bertz CT molecular complexity index is 306. The zero-order valence-electron chi connectivity index (χ0n) is 9.56. The molecule has 2 rings (SSSR count). The Balaban J connectivity index is 2.16. The molecule has 0 spiro atoms. The summed E-state index contributed by atoms with van der Waals surface area (Å²) in [6.45, 7) is 4.42. The van der Waals surface area contributed by atoms with Crippen LogP contribution < -0.4 is 0 Å². The Hall–Kier alpha value is -0.820. The van der Waals surface area contributed by atoms with Crippen molar-refractivity contribution in [2.75, 3.05) is 0 Å². The number of hydrogen-bond acceptors (Lipinski definition) is 1. The smallest absolute Gasteiger partial charge is 0.0568 e. The predicted octanol–water partition coefficient (Wildman–Crippen LogP) is 3.20. The average Bonchev–Trinajstić information content (AvgIpc) is 2.25. The van der Waals surface area contributed by atoms with Crippen LogP contribution in [0.2, 0.25) is 0 Å². The van der Waals surface area contributed by atoms with Crippen molar-refractivity contribution >= 4 is 0 Å². The molecule has 0 aromatic heterocycles. The summed E-state index contributed by atoms with van der Waals surface area (Å²) in [5.41, 5.74) is 1.43. The van der Waals surface area contributed by atoms with Crippen molar-refractivity contribution in [3.63, 3.8) is 0 Å². The highest BCUT2D eigenvalue weighted by atomic mass is 16.3. The minimum atomic E-state index is -0.0973. The molecule has 4 unspecified atom stereocenters. The average molecular weight is 204 g/mol. The minimum absolute atomic E-state index is 0.0973. The van der Waals surface area contributed by atoms with Gasteiger partial charge in [-0.1, -0.05) is 44.2 Å². The molecule has 1 nitrogen and oxygen atoms in total. The summed E-state index contributed by atoms with van der Waals surface area (Å²) >= 11 is 0. The quantitative estimate of drug-likeness (QED) is 0.744. The second-order valence-corrected chi connectivity index (χ2v) is 5.01. The molecule has 1 fully saturated rings. The summed E-state index contributed by atoms with van der Waals surface area (Å²) in [6, 6.07) is 10.7. The van der Waals surface area contributed by atoms with Crippen molar-refractivity contribution in [3.05, 3.63) is 35.9 Å². The van der Waals surface area contributed by atoms with Crippen LogP contribution in [0.1, 0.15) is 38.2 Å². The van der Waals surface area contributed by atoms with Gasteiger partial charge in [-0.2, -0.15) is 0 Å². The molecule has 0 heterocycles. The normalized spacial score (nSPS) is 36.5. The molecule has 1 aromatic rings. The highest BCUT2D eigenvalue weighted by molar-refractivity contribution is 5.21. The van der Waals surface area contributed by atoms with Gasteiger partial charge in [-0.15, -0.1) is 0 Å². The summed E-state index contributed by atoms with van der Waals surface area (Å²) in [5, 5.41) is 9.81. The number of benzene rings is 1. The van der Waals surface area contributed by atoms with Gasteiger partial charge in [0.2, 0.25) is 0 Å². The Morgan fingerprint density at radius 1 is 1.00 bits per heavy atom. The molecule has 0 radical (unpaired) electrons. The number of aliphatic hydroxyl groups excluding tert-OH is 1. The Morgan fingerprint density at radius 3 is 2.33 bits per heavy atom. The third-order valence-electron chi connectivity index (χ3n) is 3.81. The van der Waals surface area contributed by atoms with E-state index in [1.54, 1.807) is 0 Å². The first-order valence-corrected chi connectivity index (χ1v) is 5.91. The van der Waals surface area contributed by atoms with Gasteiger partial charge in [0.15, 0.2) is 0 Å². The fourth-order valence-corrected chi connectivity index (χ4v) is 2.73. The van der Waals surface area contributed by atoms with E-state index in [0.29, 0.717) is 17.8 Å². The maximum absolute atomic E-state index is 9.81. The molecule has 82 valence electrons. The highest BCUT2D eigenvalue weighted by Crippen LogP contribution is 2.40. The fourth-order valence-electron chi connectivity index (χ4n) is 2.73. The summed E-state index contributed by atoms with van der Waals surface area (Å²) in [4.78, 5) is 0. The summed E-state index contributed by atoms with van der Waals surface area (Å²) < 4.78 is 0. The van der Waals surface area contributed by atoms with Gasteiger partial charge < -0.3 is 5.11 Å². The molecule has 1 aliphatic rings. The van der Waals surface area contributed by atoms with E-state index in [4.69, 9.17) is 0 Å². The van der Waals surface area contributed by atoms with Gasteiger partial charge in [0.25, 0.3) is 0 Å². The van der Waals surface area contributed by atoms with Crippen LogP contribution in [0.4, 0.5) is 0 Å². The van der Waals surface area contributed by atoms with Crippen molar-refractivity contribution in [1.29, 1.82) is 0 Å². The second-order valence-electron chi connectivity index (χ2n) is 5.01. The lowest BCUT2D eigenvalue weighted by Gasteiger charge is -2.36. The Kier molecular flexibility index (Phi) is 3.11. The van der Waals surface area contributed by atoms with E-state index in [1.165, 1.54) is 5.56 Å². The monoisotopic (exact) mass is 204 g/mol. The molecule has 0 saturated heterocycles. The molecular formula is C14H20O. The SMILES string of the molecule is CC1CC(c2ccccc2)C(C)CC1O. The van der Waals surface area contributed by atoms with Gasteiger partial charge in [-0.25, -0.2) is 0 Å². The summed E-state index contributed by atoms with van der Waals surface area (Å²) in [6.07, 6.45) is 1.97. The maximum Gasteiger partial charge on any atom is 0.0568 e. The number of aliphatic hydroxyl groups is 1. The van der Waals surface area contributed by atoms with Gasteiger partial charge >= 0.3 is 0 Å². The van der Waals surface area contributed by atoms with Crippen molar-refractivity contribution in [3.8, 4) is 0 Å². The van der Waals surface area contributed by atoms with E-state index < -0.39 is 0 Å². The summed E-state index contributed by atoms with van der Waals surface area (Å²) in [5.74, 6) is 1.66. The van der Waals surface area contributed by atoms with Gasteiger partial charge in [-0.05, 0) is 36.2 Å². The van der Waals surface area contributed by atoms with Crippen molar-refractivity contribution in [2.45, 2.75) is 38.7 Å². The lowest BCUT2D eigenvalue weighted by Crippen LogP contribution is -2.31. The number of hydrogen-bond donors (Lipinski definition) is 1. The lowest BCUT2D eigenvalue weighted by molar-refractivity contribution is 0.0467. The molecule has 1 N–H and O–H groups in total. The van der Waals surface area contributed by atoms with E-state index in [-0.39, 0.29) is 6.10 Å². The van der Waals surface area contributed by atoms with E-state index in [1.807, 2.05) is 0 Å². The van der Waals surface area contributed by atoms with Gasteiger partial charge in [0.05, 0.1) is 6.10 Å². The minimum Gasteiger partial charge on any atom is -0.393 e. The topological polar surface area (TPSA) is 20.2 Å². The molecule has 1 heteroatoms. The zero-order chi connectivity index (χ0) is 10.8. The van der Waals surface area contributed by atoms with Crippen LogP contribution in [0.25, 0.3) is 0 Å². The Labute approximate surface area is 92.1 Å². The molecule has 0 aliphatic heterocycles. The van der Waals surface area contributed by atoms with E-state index in [0.717, 1.165) is 12.8 Å². The molecule has 15 heavy (non-hydrogen) atoms. The van der Waals surface area contributed by atoms with Crippen LogP contribution in [-0.2, 0) is 0 Å². The molecule has 1 aromatic carbocycles. The molecule has 4 atom stereocenters. The first-order chi connectivity index (χ1) is 7.18. The van der Waals surface area contributed by atoms with Crippen LogP contribution in [-0.4, -0.2) is 11.2 Å². The van der Waals surface area contributed by atoms with Gasteiger partial charge in [0.1, 0.15) is 0 Å². The fraction of sp³-hybridized carbons (Fsp3) is 0.571. The predicted molar refractivity (Wildman–Crippen MR) is 62.8 cm³/mol. The van der Waals surface area contributed by atoms with Gasteiger partial charge in [-0.3, -0.25) is 0 Å². The maximum atomic E-state index is 9.81. The van der Waals surface area contributed by atoms with Crippen molar-refractivity contribution < 1.29 is 5.11 Å². The third kappa shape index (κ3) is 2.23. The van der Waals surface area contributed by atoms with E-state index >= 15 is 0 Å². The molecule has 0 amide bonds. The zero-order valence-corrected chi connectivity index (χ0v) is 9.56. The highest BCUT2D eigenvalue weighted by Gasteiger charge is 2.32. The van der Waals surface area contributed by atoms with Crippen LogP contribution in [0.15, 0.2) is 30.3 Å². The standard InChI is InChI=1S/C14H20O/c1-10-9-14(15)11(2)8-13(10)12-6-4-3-5-7-12/h3-7,10-11,13-15H,8-9H2,1-2H3. The van der Waals surface area contributed by atoms with Gasteiger partial charge in [0, 0.05) is 0 Å². The first kappa shape index (κ1) is 10.7. The van der Waals surface area contributed by atoms with Crippen molar-refractivity contribution in [2.24, 2.45) is 11.8 Å². The Morgan fingerprint density at radius 2 is 1.67 bits per heavy atom. The van der Waals surface area contributed by atoms with Crippen LogP contribution in [0.3, 0.4) is 0 Å². The van der Waals surface area contributed by atoms with Crippen molar-refractivity contribution in [1.82, 2.24) is 0 Å². The molecular weight excluding hydrogens is 184 g/mol. The van der Waals surface area contributed by atoms with E-state index in [9.17, 15) is 5.11 Å². The largest absolute Gasteiger partial charge is 0.393 e. The first-order valence-electron chi connectivity index (χ1n) is 5.91. The lowest BCUT2D eigenvalue weighted by atomic mass is 9.71. The van der Waals surface area contributed by atoms with Crippen LogP contribution in [0.5, 0.6) is 0 Å². The number of rotatable bonds is 1. The summed E-state index contributed by atoms with van der Waals surface area (Å²) in [7, 11) is 0. The molecule has 0 bridgehead atoms. The van der Waals surface area contributed by atoms with E-state index in [2.05, 4.69) is 44.2 Å². The molecule has 1 saturated carbocycles. The third-order valence-corrected chi connectivity index (χ3v) is 3.81. The molecule has 1 aliphatic carbocycles. The van der Waals surface area contributed by atoms with Crippen LogP contribution >= 0.6 is 0 Å². The van der Waals surface area contributed by atoms with Crippen LogP contribution in [0, 0.1) is 11.8 Å².